The average Bonchev–Trinajstić information content (AvgIpc) is 3.30. The fraction of sp³-hybridized carbons (Fsp3) is 0.320. The molecule has 10 nitrogen and oxygen atoms in total. The molecule has 190 valence electrons. The highest BCUT2D eigenvalue weighted by Gasteiger charge is 2.20. The number of hydrogen-bond acceptors (Lipinski definition) is 9. The van der Waals surface area contributed by atoms with Gasteiger partial charge in [-0.1, -0.05) is 30.0 Å². The van der Waals surface area contributed by atoms with Gasteiger partial charge in [0.25, 0.3) is 0 Å². The van der Waals surface area contributed by atoms with E-state index in [0.29, 0.717) is 17.5 Å². The minimum Gasteiger partial charge on any atom is -0.482 e. The molecule has 0 aliphatic carbocycles. The summed E-state index contributed by atoms with van der Waals surface area (Å²) >= 11 is 1.22. The maximum Gasteiger partial charge on any atom is 0.337 e. The molecule has 2 aromatic carbocycles. The Kier molecular flexibility index (Phi) is 9.07. The number of aryl methyl sites for hydroxylation is 1. The van der Waals surface area contributed by atoms with Crippen molar-refractivity contribution in [3.8, 4) is 5.75 Å². The number of carbonyl (C=O) groups excluding carboxylic acids is 3. The van der Waals surface area contributed by atoms with Crippen LogP contribution in [0.3, 0.4) is 0 Å². The van der Waals surface area contributed by atoms with Gasteiger partial charge in [-0.05, 0) is 50.6 Å². The van der Waals surface area contributed by atoms with Crippen molar-refractivity contribution in [2.75, 3.05) is 25.3 Å². The van der Waals surface area contributed by atoms with Crippen LogP contribution in [0, 0.1) is 6.92 Å². The number of anilines is 1. The number of carbonyl (C=O) groups is 3. The number of thioether (sulfide) groups is 1. The van der Waals surface area contributed by atoms with Crippen molar-refractivity contribution in [1.82, 2.24) is 14.8 Å². The number of nitrogens with one attached hydrogen (secondary N) is 1. The summed E-state index contributed by atoms with van der Waals surface area (Å²) in [4.78, 5) is 36.6. The standard InChI is InChI=1S/C25H28N4O6S/c1-6-29-22(16(3)35-20-10-8-7-9-15(20)2)27-28-25(29)36-14-21(30)26-19-12-17(23(31)33-4)11-18(13-19)24(32)34-5/h7-13,16H,6,14H2,1-5H3,(H,26,30). The number of methoxy groups -OCH3 is 2. The first-order valence-corrected chi connectivity index (χ1v) is 12.2. The van der Waals surface area contributed by atoms with Gasteiger partial charge >= 0.3 is 11.9 Å². The monoisotopic (exact) mass is 512 g/mol. The summed E-state index contributed by atoms with van der Waals surface area (Å²) in [6, 6.07) is 11.9. The van der Waals surface area contributed by atoms with E-state index < -0.39 is 11.9 Å². The molecule has 0 aliphatic rings. The number of nitrogens with zero attached hydrogens (tertiary/aromatic N) is 3. The van der Waals surface area contributed by atoms with Crippen molar-refractivity contribution >= 4 is 35.3 Å². The lowest BCUT2D eigenvalue weighted by Crippen LogP contribution is -2.17. The van der Waals surface area contributed by atoms with Gasteiger partial charge in [0.15, 0.2) is 17.1 Å². The molecule has 0 radical (unpaired) electrons. The predicted octanol–water partition coefficient (Wildman–Crippen LogP) is 4.05. The Balaban J connectivity index is 1.70. The van der Waals surface area contributed by atoms with Crippen LogP contribution in [0.1, 0.15) is 52.1 Å². The number of para-hydroxylation sites is 1. The Labute approximate surface area is 213 Å². The topological polar surface area (TPSA) is 122 Å². The van der Waals surface area contributed by atoms with E-state index in [2.05, 4.69) is 15.5 Å². The molecule has 1 amide bonds. The summed E-state index contributed by atoms with van der Waals surface area (Å²) in [6.07, 6.45) is -0.348. The van der Waals surface area contributed by atoms with E-state index in [1.54, 1.807) is 0 Å². The Morgan fingerprint density at radius 3 is 2.25 bits per heavy atom. The second-order valence-corrected chi connectivity index (χ2v) is 8.67. The van der Waals surface area contributed by atoms with Crippen LogP contribution >= 0.6 is 11.8 Å². The van der Waals surface area contributed by atoms with Gasteiger partial charge in [-0.2, -0.15) is 0 Å². The smallest absolute Gasteiger partial charge is 0.337 e. The van der Waals surface area contributed by atoms with Crippen LogP contribution in [0.2, 0.25) is 0 Å². The summed E-state index contributed by atoms with van der Waals surface area (Å²) in [5, 5.41) is 11.8. The molecule has 0 spiro atoms. The first kappa shape index (κ1) is 26.7. The molecular weight excluding hydrogens is 484 g/mol. The molecule has 1 unspecified atom stereocenters. The number of rotatable bonds is 10. The van der Waals surface area contributed by atoms with Gasteiger partial charge in [0, 0.05) is 12.2 Å². The summed E-state index contributed by atoms with van der Waals surface area (Å²) in [5.74, 6) is -0.190. The molecular formula is C25H28N4O6S. The Morgan fingerprint density at radius 2 is 1.67 bits per heavy atom. The molecule has 0 saturated heterocycles. The van der Waals surface area contributed by atoms with Gasteiger partial charge in [0.2, 0.25) is 5.91 Å². The van der Waals surface area contributed by atoms with Gasteiger partial charge in [-0.3, -0.25) is 4.79 Å². The number of amides is 1. The number of esters is 2. The van der Waals surface area contributed by atoms with Crippen LogP contribution in [0.15, 0.2) is 47.6 Å². The first-order valence-electron chi connectivity index (χ1n) is 11.2. The molecule has 1 atom stereocenters. The third-order valence-corrected chi connectivity index (χ3v) is 6.18. The largest absolute Gasteiger partial charge is 0.482 e. The molecule has 0 fully saturated rings. The van der Waals surface area contributed by atoms with Gasteiger partial charge in [0.05, 0.1) is 31.1 Å². The van der Waals surface area contributed by atoms with Gasteiger partial charge < -0.3 is 24.1 Å². The van der Waals surface area contributed by atoms with Crippen molar-refractivity contribution in [3.63, 3.8) is 0 Å². The van der Waals surface area contributed by atoms with E-state index in [4.69, 9.17) is 14.2 Å². The van der Waals surface area contributed by atoms with Crippen LogP contribution in [-0.2, 0) is 20.8 Å². The number of ether oxygens (including phenoxy) is 3. The van der Waals surface area contributed by atoms with Crippen molar-refractivity contribution in [3.05, 3.63) is 65.0 Å². The van der Waals surface area contributed by atoms with Crippen LogP contribution < -0.4 is 10.1 Å². The Morgan fingerprint density at radius 1 is 1.03 bits per heavy atom. The minimum absolute atomic E-state index is 0.0289. The van der Waals surface area contributed by atoms with Crippen molar-refractivity contribution in [1.29, 1.82) is 0 Å². The van der Waals surface area contributed by atoms with Crippen molar-refractivity contribution < 1.29 is 28.6 Å². The SMILES string of the molecule is CCn1c(SCC(=O)Nc2cc(C(=O)OC)cc(C(=O)OC)c2)nnc1C(C)Oc1ccccc1C. The van der Waals surface area contributed by atoms with E-state index >= 15 is 0 Å². The number of benzene rings is 2. The summed E-state index contributed by atoms with van der Waals surface area (Å²) < 4.78 is 17.4. The highest BCUT2D eigenvalue weighted by Crippen LogP contribution is 2.26. The lowest BCUT2D eigenvalue weighted by molar-refractivity contribution is -0.113. The summed E-state index contributed by atoms with van der Waals surface area (Å²) in [7, 11) is 2.46. The third-order valence-electron chi connectivity index (χ3n) is 5.21. The molecule has 0 saturated carbocycles. The zero-order valence-electron chi connectivity index (χ0n) is 20.7. The Hall–Kier alpha value is -3.86. The van der Waals surface area contributed by atoms with E-state index in [1.807, 2.05) is 49.6 Å². The number of hydrogen-bond donors (Lipinski definition) is 1. The zero-order valence-corrected chi connectivity index (χ0v) is 21.5. The molecule has 36 heavy (non-hydrogen) atoms. The second kappa shape index (κ2) is 12.2. The summed E-state index contributed by atoms with van der Waals surface area (Å²) in [6.45, 7) is 6.43. The molecule has 1 heterocycles. The van der Waals surface area contributed by atoms with Crippen molar-refractivity contribution in [2.45, 2.75) is 38.6 Å². The van der Waals surface area contributed by atoms with Crippen LogP contribution in [-0.4, -0.2) is 52.6 Å². The molecule has 11 heteroatoms. The Bertz CT molecular complexity index is 1220. The normalized spacial score (nSPS) is 11.5. The van der Waals surface area contributed by atoms with Crippen LogP contribution in [0.4, 0.5) is 5.69 Å². The number of aromatic nitrogens is 3. The predicted molar refractivity (Wildman–Crippen MR) is 134 cm³/mol. The van der Waals surface area contributed by atoms with E-state index in [-0.39, 0.29) is 34.6 Å². The van der Waals surface area contributed by atoms with E-state index in [9.17, 15) is 14.4 Å². The minimum atomic E-state index is -0.642. The second-order valence-electron chi connectivity index (χ2n) is 7.73. The molecule has 3 aromatic rings. The lowest BCUT2D eigenvalue weighted by atomic mass is 10.1. The highest BCUT2D eigenvalue weighted by atomic mass is 32.2. The lowest BCUT2D eigenvalue weighted by Gasteiger charge is -2.17. The maximum atomic E-state index is 12.7. The van der Waals surface area contributed by atoms with E-state index in [1.165, 1.54) is 44.2 Å². The molecule has 0 aliphatic heterocycles. The molecule has 1 N–H and O–H groups in total. The third kappa shape index (κ3) is 6.42. The van der Waals surface area contributed by atoms with Gasteiger partial charge in [-0.25, -0.2) is 9.59 Å². The fourth-order valence-electron chi connectivity index (χ4n) is 3.43. The first-order chi connectivity index (χ1) is 17.3. The maximum absolute atomic E-state index is 12.7. The molecule has 1 aromatic heterocycles. The highest BCUT2D eigenvalue weighted by molar-refractivity contribution is 7.99. The quantitative estimate of drug-likeness (QED) is 0.317. The van der Waals surface area contributed by atoms with Crippen LogP contribution in [0.25, 0.3) is 0 Å². The molecule has 3 rings (SSSR count). The molecule has 0 bridgehead atoms. The van der Waals surface area contributed by atoms with E-state index in [0.717, 1.165) is 11.3 Å². The fourth-order valence-corrected chi connectivity index (χ4v) is 4.24. The summed E-state index contributed by atoms with van der Waals surface area (Å²) in [5.41, 5.74) is 1.51. The van der Waals surface area contributed by atoms with Gasteiger partial charge in [0.1, 0.15) is 5.75 Å². The zero-order chi connectivity index (χ0) is 26.2. The van der Waals surface area contributed by atoms with Crippen molar-refractivity contribution in [2.24, 2.45) is 0 Å². The average molecular weight is 513 g/mol. The van der Waals surface area contributed by atoms with Gasteiger partial charge in [-0.15, -0.1) is 10.2 Å². The van der Waals surface area contributed by atoms with Crippen LogP contribution in [0.5, 0.6) is 5.75 Å².